The lowest BCUT2D eigenvalue weighted by Crippen LogP contribution is -2.46. The highest BCUT2D eigenvalue weighted by Gasteiger charge is 2.58. The molecule has 2 N–H and O–H groups in total. The van der Waals surface area contributed by atoms with Gasteiger partial charge in [0.15, 0.2) is 0 Å². The Labute approximate surface area is 157 Å². The lowest BCUT2D eigenvalue weighted by atomic mass is 9.95. The average molecular weight is 410 g/mol. The number of halogens is 5. The zero-order valence-corrected chi connectivity index (χ0v) is 15.3. The Morgan fingerprint density at radius 2 is 1.92 bits per heavy atom. The third kappa shape index (κ3) is 4.34. The van der Waals surface area contributed by atoms with Gasteiger partial charge in [0.25, 0.3) is 0 Å². The molecule has 142 valence electrons. The van der Waals surface area contributed by atoms with E-state index in [-0.39, 0.29) is 10.8 Å². The molecule has 0 aliphatic carbocycles. The number of benzene rings is 1. The zero-order chi connectivity index (χ0) is 19.7. The Morgan fingerprint density at radius 1 is 1.27 bits per heavy atom. The van der Waals surface area contributed by atoms with Crippen molar-refractivity contribution in [2.24, 2.45) is 0 Å². The summed E-state index contributed by atoms with van der Waals surface area (Å²) < 4.78 is 45.1. The molecule has 0 saturated carbocycles. The van der Waals surface area contributed by atoms with Crippen LogP contribution in [0.2, 0.25) is 10.0 Å². The van der Waals surface area contributed by atoms with E-state index in [1.807, 2.05) is 0 Å². The van der Waals surface area contributed by atoms with Gasteiger partial charge in [-0.15, -0.1) is 0 Å². The maximum absolute atomic E-state index is 13.4. The van der Waals surface area contributed by atoms with Crippen LogP contribution in [0, 0.1) is 6.92 Å². The lowest BCUT2D eigenvalue weighted by molar-refractivity contribution is -0.273. The van der Waals surface area contributed by atoms with Gasteiger partial charge in [-0.05, 0) is 43.7 Å². The normalized spacial score (nSPS) is 15.4. The van der Waals surface area contributed by atoms with Gasteiger partial charge in [0.1, 0.15) is 11.5 Å². The van der Waals surface area contributed by atoms with Gasteiger partial charge in [0.2, 0.25) is 11.5 Å². The van der Waals surface area contributed by atoms with Gasteiger partial charge >= 0.3 is 6.18 Å². The smallest absolute Gasteiger partial charge is 0.425 e. The molecule has 2 aromatic rings. The van der Waals surface area contributed by atoms with Crippen molar-refractivity contribution in [2.75, 3.05) is 0 Å². The first kappa shape index (κ1) is 20.6. The summed E-state index contributed by atoms with van der Waals surface area (Å²) in [6.07, 6.45) is -6.35. The molecular formula is C17H16Cl2F3NO3. The van der Waals surface area contributed by atoms with Crippen LogP contribution in [0.5, 0.6) is 0 Å². The second-order valence-corrected chi connectivity index (χ2v) is 6.74. The predicted octanol–water partition coefficient (Wildman–Crippen LogP) is 4.91. The molecule has 0 saturated heterocycles. The van der Waals surface area contributed by atoms with Gasteiger partial charge in [-0.25, -0.2) is 0 Å². The first-order valence-corrected chi connectivity index (χ1v) is 8.30. The van der Waals surface area contributed by atoms with Crippen LogP contribution in [0.3, 0.4) is 0 Å². The maximum atomic E-state index is 13.4. The number of hydrogen-bond acceptors (Lipinski definition) is 3. The Morgan fingerprint density at radius 3 is 2.42 bits per heavy atom. The number of amides is 1. The second-order valence-electron chi connectivity index (χ2n) is 5.90. The Balaban J connectivity index is 2.20. The molecule has 2 rings (SSSR count). The number of aryl methyl sites for hydroxylation is 1. The molecule has 1 aromatic carbocycles. The number of carbonyl (C=O) groups excluding carboxylic acids is 1. The van der Waals surface area contributed by atoms with E-state index in [1.165, 1.54) is 19.1 Å². The lowest BCUT2D eigenvalue weighted by Gasteiger charge is -2.28. The van der Waals surface area contributed by atoms with Gasteiger partial charge in [-0.1, -0.05) is 29.3 Å². The van der Waals surface area contributed by atoms with Crippen LogP contribution < -0.4 is 5.32 Å². The molecule has 0 radical (unpaired) electrons. The van der Waals surface area contributed by atoms with Gasteiger partial charge < -0.3 is 14.8 Å². The van der Waals surface area contributed by atoms with E-state index >= 15 is 0 Å². The third-order valence-corrected chi connectivity index (χ3v) is 4.40. The van der Waals surface area contributed by atoms with E-state index in [4.69, 9.17) is 27.6 Å². The fraction of sp³-hybridized carbons (Fsp3) is 0.353. The summed E-state index contributed by atoms with van der Waals surface area (Å²) in [4.78, 5) is 12.2. The number of hydrogen-bond donors (Lipinski definition) is 2. The van der Waals surface area contributed by atoms with Gasteiger partial charge in [-0.3, -0.25) is 4.79 Å². The van der Waals surface area contributed by atoms with Gasteiger partial charge in [0.05, 0.1) is 12.5 Å². The van der Waals surface area contributed by atoms with E-state index in [9.17, 15) is 23.1 Å². The quantitative estimate of drug-likeness (QED) is 0.736. The highest BCUT2D eigenvalue weighted by atomic mass is 35.5. The van der Waals surface area contributed by atoms with Crippen molar-refractivity contribution in [3.63, 3.8) is 0 Å². The van der Waals surface area contributed by atoms with Crippen molar-refractivity contribution in [1.29, 1.82) is 0 Å². The molecule has 2 atom stereocenters. The fourth-order valence-corrected chi connectivity index (χ4v) is 3.01. The van der Waals surface area contributed by atoms with Crippen LogP contribution in [0.25, 0.3) is 0 Å². The summed E-state index contributed by atoms with van der Waals surface area (Å²) >= 11 is 11.8. The molecule has 26 heavy (non-hydrogen) atoms. The summed E-state index contributed by atoms with van der Waals surface area (Å²) in [6, 6.07) is 6.14. The number of furan rings is 1. The number of carbonyl (C=O) groups is 1. The molecule has 1 aromatic heterocycles. The number of rotatable bonds is 5. The first-order valence-electron chi connectivity index (χ1n) is 7.54. The number of nitrogens with one attached hydrogen (secondary N) is 1. The van der Waals surface area contributed by atoms with E-state index in [0.717, 1.165) is 6.07 Å². The van der Waals surface area contributed by atoms with E-state index in [0.29, 0.717) is 10.6 Å². The maximum Gasteiger partial charge on any atom is 0.425 e. The minimum absolute atomic E-state index is 0.185. The van der Waals surface area contributed by atoms with Crippen LogP contribution >= 0.6 is 23.2 Å². The SMILES string of the molecule is Cc1ccc(C(O)(CC(=O)NC(C)c2ccc(Cl)cc2Cl)C(F)(F)F)o1. The van der Waals surface area contributed by atoms with Crippen LogP contribution in [0.4, 0.5) is 13.2 Å². The van der Waals surface area contributed by atoms with Crippen molar-refractivity contribution >= 4 is 29.1 Å². The molecule has 0 aliphatic rings. The molecule has 0 spiro atoms. The average Bonchev–Trinajstić information content (AvgIpc) is 2.92. The highest BCUT2D eigenvalue weighted by molar-refractivity contribution is 6.35. The van der Waals surface area contributed by atoms with E-state index < -0.39 is 35.9 Å². The molecule has 1 amide bonds. The molecule has 1 heterocycles. The van der Waals surface area contributed by atoms with Crippen molar-refractivity contribution in [3.05, 3.63) is 57.5 Å². The fourth-order valence-electron chi connectivity index (χ4n) is 2.44. The van der Waals surface area contributed by atoms with Crippen LogP contribution in [0.1, 0.15) is 36.5 Å². The minimum Gasteiger partial charge on any atom is -0.463 e. The van der Waals surface area contributed by atoms with E-state index in [2.05, 4.69) is 5.32 Å². The Hall–Kier alpha value is -1.70. The highest BCUT2D eigenvalue weighted by Crippen LogP contribution is 2.42. The van der Waals surface area contributed by atoms with Crippen molar-refractivity contribution in [3.8, 4) is 0 Å². The summed E-state index contributed by atoms with van der Waals surface area (Å²) in [7, 11) is 0. The van der Waals surface area contributed by atoms with Gasteiger partial charge in [0, 0.05) is 10.0 Å². The third-order valence-electron chi connectivity index (χ3n) is 3.84. The molecular weight excluding hydrogens is 394 g/mol. The second kappa shape index (κ2) is 7.50. The summed E-state index contributed by atoms with van der Waals surface area (Å²) in [5, 5.41) is 13.2. The van der Waals surface area contributed by atoms with E-state index in [1.54, 1.807) is 19.1 Å². The predicted molar refractivity (Wildman–Crippen MR) is 91.0 cm³/mol. The molecule has 2 unspecified atom stereocenters. The number of aliphatic hydroxyl groups is 1. The van der Waals surface area contributed by atoms with Crippen LogP contribution in [0.15, 0.2) is 34.7 Å². The Bertz CT molecular complexity index is 807. The molecule has 9 heteroatoms. The summed E-state index contributed by atoms with van der Waals surface area (Å²) in [5.74, 6) is -1.57. The summed E-state index contributed by atoms with van der Waals surface area (Å²) in [6.45, 7) is 2.99. The monoisotopic (exact) mass is 409 g/mol. The van der Waals surface area contributed by atoms with Crippen molar-refractivity contribution < 1.29 is 27.5 Å². The van der Waals surface area contributed by atoms with Crippen molar-refractivity contribution in [2.45, 2.75) is 38.1 Å². The Kier molecular flexibility index (Phi) is 5.95. The largest absolute Gasteiger partial charge is 0.463 e. The standard InChI is InChI=1S/C17H16Cl2F3NO3/c1-9-3-6-14(26-9)16(25,17(20,21)22)8-15(24)23-10(2)12-5-4-11(18)7-13(12)19/h3-7,10,25H,8H2,1-2H3,(H,23,24). The first-order chi connectivity index (χ1) is 11.9. The molecule has 0 fully saturated rings. The zero-order valence-electron chi connectivity index (χ0n) is 13.8. The molecule has 4 nitrogen and oxygen atoms in total. The molecule has 0 aliphatic heterocycles. The topological polar surface area (TPSA) is 62.5 Å². The van der Waals surface area contributed by atoms with Crippen LogP contribution in [-0.4, -0.2) is 17.2 Å². The number of alkyl halides is 3. The minimum atomic E-state index is -5.10. The van der Waals surface area contributed by atoms with Crippen LogP contribution in [-0.2, 0) is 10.4 Å². The van der Waals surface area contributed by atoms with Crippen molar-refractivity contribution in [1.82, 2.24) is 5.32 Å². The summed E-state index contributed by atoms with van der Waals surface area (Å²) in [5.41, 5.74) is -2.96. The molecule has 0 bridgehead atoms. The van der Waals surface area contributed by atoms with Gasteiger partial charge in [-0.2, -0.15) is 13.2 Å².